The van der Waals surface area contributed by atoms with Crippen molar-refractivity contribution >= 4 is 6.21 Å². The van der Waals surface area contributed by atoms with E-state index < -0.39 is 0 Å². The maximum atomic E-state index is 4.60. The van der Waals surface area contributed by atoms with Crippen molar-refractivity contribution in [1.29, 1.82) is 0 Å². The number of hydrogen-bond donors (Lipinski definition) is 0. The Morgan fingerprint density at radius 3 is 2.67 bits per heavy atom. The molecule has 0 bridgehead atoms. The van der Waals surface area contributed by atoms with Gasteiger partial charge in [0.2, 0.25) is 0 Å². The van der Waals surface area contributed by atoms with Crippen LogP contribution in [0.5, 0.6) is 0 Å². The minimum absolute atomic E-state index is 0.383. The number of piperidine rings is 1. The van der Waals surface area contributed by atoms with E-state index in [-0.39, 0.29) is 0 Å². The lowest BCUT2D eigenvalue weighted by Crippen LogP contribution is -2.38. The minimum atomic E-state index is 0.383. The van der Waals surface area contributed by atoms with Crippen molar-refractivity contribution in [3.63, 3.8) is 0 Å². The summed E-state index contributed by atoms with van der Waals surface area (Å²) in [5.41, 5.74) is 4.35. The molecule has 1 aromatic carbocycles. The summed E-state index contributed by atoms with van der Waals surface area (Å²) in [7, 11) is 0. The molecule has 0 N–H and O–H groups in total. The number of aliphatic imine (C=N–C) groups is 1. The van der Waals surface area contributed by atoms with Crippen molar-refractivity contribution in [2.45, 2.75) is 59.8 Å². The normalized spacial score (nSPS) is 17.8. The van der Waals surface area contributed by atoms with Crippen LogP contribution in [0.15, 0.2) is 65.5 Å². The molecule has 2 heteroatoms. The molecular formula is C25H36N2. The number of aryl methyl sites for hydroxylation is 1. The Labute approximate surface area is 166 Å². The van der Waals surface area contributed by atoms with Gasteiger partial charge in [0.15, 0.2) is 0 Å². The molecule has 0 aliphatic carbocycles. The highest BCUT2D eigenvalue weighted by atomic mass is 15.2. The zero-order chi connectivity index (χ0) is 19.7. The van der Waals surface area contributed by atoms with Gasteiger partial charge >= 0.3 is 0 Å². The van der Waals surface area contributed by atoms with E-state index in [1.54, 1.807) is 0 Å². The summed E-state index contributed by atoms with van der Waals surface area (Å²) in [6.45, 7) is 15.0. The number of benzene rings is 1. The Morgan fingerprint density at radius 1 is 1.30 bits per heavy atom. The SMILES string of the molecule is C=C(/N=C\C=C(/C)Cc1cccc(C)c1)N1CCC(/C=C/C)(CCC)CC1. The molecule has 0 spiro atoms. The summed E-state index contributed by atoms with van der Waals surface area (Å²) in [5, 5.41) is 0. The van der Waals surface area contributed by atoms with Gasteiger partial charge in [0.25, 0.3) is 0 Å². The largest absolute Gasteiger partial charge is 0.357 e. The average molecular weight is 365 g/mol. The molecule has 0 atom stereocenters. The van der Waals surface area contributed by atoms with Gasteiger partial charge in [-0.15, -0.1) is 0 Å². The third-order valence-electron chi connectivity index (χ3n) is 5.54. The van der Waals surface area contributed by atoms with Crippen LogP contribution in [0.1, 0.15) is 57.6 Å². The highest BCUT2D eigenvalue weighted by Gasteiger charge is 2.31. The first-order valence-electron chi connectivity index (χ1n) is 10.3. The Morgan fingerprint density at radius 2 is 2.04 bits per heavy atom. The second-order valence-electron chi connectivity index (χ2n) is 7.97. The molecule has 27 heavy (non-hydrogen) atoms. The Kier molecular flexibility index (Phi) is 8.09. The first-order valence-corrected chi connectivity index (χ1v) is 10.3. The molecule has 0 amide bonds. The quantitative estimate of drug-likeness (QED) is 0.380. The predicted octanol–water partition coefficient (Wildman–Crippen LogP) is 6.48. The standard InChI is InChI=1S/C25H36N2/c1-6-12-25(13-7-2)14-17-27(18-15-25)23(5)26-16-11-22(4)20-24-10-8-9-21(3)19-24/h6,8-12,16,19H,5,7,13-15,17-18,20H2,1-4H3/b12-6+,22-11+,26-16-. The molecule has 2 nitrogen and oxygen atoms in total. The highest BCUT2D eigenvalue weighted by molar-refractivity contribution is 5.73. The van der Waals surface area contributed by atoms with E-state index in [1.807, 2.05) is 6.21 Å². The Balaban J connectivity index is 1.88. The summed E-state index contributed by atoms with van der Waals surface area (Å²) in [6, 6.07) is 8.69. The van der Waals surface area contributed by atoms with Gasteiger partial charge in [-0.3, -0.25) is 0 Å². The molecule has 2 rings (SSSR count). The van der Waals surface area contributed by atoms with Crippen molar-refractivity contribution in [2.75, 3.05) is 13.1 Å². The average Bonchev–Trinajstić information content (AvgIpc) is 2.62. The van der Waals surface area contributed by atoms with Gasteiger partial charge in [-0.2, -0.15) is 0 Å². The van der Waals surface area contributed by atoms with E-state index in [1.165, 1.54) is 42.4 Å². The molecule has 0 aromatic heterocycles. The third kappa shape index (κ3) is 6.53. The lowest BCUT2D eigenvalue weighted by atomic mass is 9.74. The second kappa shape index (κ2) is 10.3. The molecule has 1 aromatic rings. The number of nitrogens with zero attached hydrogens (tertiary/aromatic N) is 2. The molecule has 1 aliphatic rings. The fraction of sp³-hybridized carbons (Fsp3) is 0.480. The minimum Gasteiger partial charge on any atom is -0.357 e. The van der Waals surface area contributed by atoms with Crippen molar-refractivity contribution < 1.29 is 0 Å². The van der Waals surface area contributed by atoms with Crippen molar-refractivity contribution in [1.82, 2.24) is 4.90 Å². The molecule has 0 saturated carbocycles. The number of likely N-dealkylation sites (tertiary alicyclic amines) is 1. The van der Waals surface area contributed by atoms with Crippen LogP contribution in [0, 0.1) is 12.3 Å². The second-order valence-corrected chi connectivity index (χ2v) is 7.97. The van der Waals surface area contributed by atoms with Gasteiger partial charge in [0, 0.05) is 19.3 Å². The lowest BCUT2D eigenvalue weighted by molar-refractivity contribution is 0.159. The van der Waals surface area contributed by atoms with Crippen LogP contribution < -0.4 is 0 Å². The summed E-state index contributed by atoms with van der Waals surface area (Å²) in [4.78, 5) is 6.93. The first-order chi connectivity index (χ1) is 13.0. The van der Waals surface area contributed by atoms with E-state index in [9.17, 15) is 0 Å². The number of rotatable bonds is 8. The van der Waals surface area contributed by atoms with Crippen molar-refractivity contribution in [3.8, 4) is 0 Å². The number of hydrogen-bond acceptors (Lipinski definition) is 2. The number of allylic oxidation sites excluding steroid dienone is 4. The van der Waals surface area contributed by atoms with Gasteiger partial charge in [-0.05, 0) is 63.5 Å². The zero-order valence-electron chi connectivity index (χ0n) is 17.7. The van der Waals surface area contributed by atoms with E-state index in [0.29, 0.717) is 5.41 Å². The monoisotopic (exact) mass is 364 g/mol. The fourth-order valence-electron chi connectivity index (χ4n) is 4.10. The van der Waals surface area contributed by atoms with Crippen molar-refractivity contribution in [3.05, 3.63) is 71.6 Å². The van der Waals surface area contributed by atoms with Crippen LogP contribution in [0.25, 0.3) is 0 Å². The Hall–Kier alpha value is -2.09. The van der Waals surface area contributed by atoms with Gasteiger partial charge in [-0.25, -0.2) is 4.99 Å². The molecule has 0 radical (unpaired) electrons. The maximum Gasteiger partial charge on any atom is 0.121 e. The molecule has 1 fully saturated rings. The molecule has 1 heterocycles. The van der Waals surface area contributed by atoms with Crippen LogP contribution in [-0.2, 0) is 6.42 Å². The van der Waals surface area contributed by atoms with Crippen LogP contribution >= 0.6 is 0 Å². The van der Waals surface area contributed by atoms with Gasteiger partial charge in [0.05, 0.1) is 0 Å². The molecular weight excluding hydrogens is 328 g/mol. The van der Waals surface area contributed by atoms with Gasteiger partial charge < -0.3 is 4.90 Å². The molecule has 1 saturated heterocycles. The van der Waals surface area contributed by atoms with Gasteiger partial charge in [-0.1, -0.05) is 67.5 Å². The highest BCUT2D eigenvalue weighted by Crippen LogP contribution is 2.38. The van der Waals surface area contributed by atoms with Crippen molar-refractivity contribution in [2.24, 2.45) is 10.4 Å². The molecule has 1 aliphatic heterocycles. The van der Waals surface area contributed by atoms with Gasteiger partial charge in [0.1, 0.15) is 5.82 Å². The first kappa shape index (κ1) is 21.2. The summed E-state index contributed by atoms with van der Waals surface area (Å²) in [5.74, 6) is 0.889. The third-order valence-corrected chi connectivity index (χ3v) is 5.54. The van der Waals surface area contributed by atoms with Crippen LogP contribution in [0.2, 0.25) is 0 Å². The summed E-state index contributed by atoms with van der Waals surface area (Å²) in [6.07, 6.45) is 14.6. The van der Waals surface area contributed by atoms with E-state index >= 15 is 0 Å². The van der Waals surface area contributed by atoms with E-state index in [0.717, 1.165) is 25.3 Å². The molecule has 146 valence electrons. The molecule has 0 unspecified atom stereocenters. The van der Waals surface area contributed by atoms with E-state index in [4.69, 9.17) is 0 Å². The van der Waals surface area contributed by atoms with E-state index in [2.05, 4.69) is 86.7 Å². The summed E-state index contributed by atoms with van der Waals surface area (Å²) >= 11 is 0. The smallest absolute Gasteiger partial charge is 0.121 e. The fourth-order valence-corrected chi connectivity index (χ4v) is 4.10. The van der Waals surface area contributed by atoms with Crippen LogP contribution in [0.3, 0.4) is 0 Å². The predicted molar refractivity (Wildman–Crippen MR) is 119 cm³/mol. The maximum absolute atomic E-state index is 4.60. The summed E-state index contributed by atoms with van der Waals surface area (Å²) < 4.78 is 0. The zero-order valence-corrected chi connectivity index (χ0v) is 17.7. The van der Waals surface area contributed by atoms with Crippen LogP contribution in [-0.4, -0.2) is 24.2 Å². The van der Waals surface area contributed by atoms with Crippen LogP contribution in [0.4, 0.5) is 0 Å². The lowest BCUT2D eigenvalue weighted by Gasteiger charge is -2.41. The Bertz CT molecular complexity index is 701. The topological polar surface area (TPSA) is 15.6 Å².